The van der Waals surface area contributed by atoms with Crippen LogP contribution in [0.3, 0.4) is 0 Å². The Morgan fingerprint density at radius 2 is 0.911 bits per heavy atom. The zero-order valence-corrected chi connectivity index (χ0v) is 32.8. The number of allylic oxidation sites excluding steroid dienone is 2. The standard InChI is InChI=1S/C48H50N2O6/c1-5-9-15-31(7-3)29-49-39-25-21-33-17-11-13-19-35(33)47(39)55-41(49)27-23-37-43(51)45(53)38(46(54)44(37)52)24-28-42-50(30-32(8-4)16-10-6-2)40-26-22-34-18-12-14-20-36(34)48(40)56-42/h11-14,17-28,31-32H,5-10,15-16,29-30H2,1-4H3/b37-23?,38-24?,41-27-,42-28-. The molecular formula is C48H50N2O6. The van der Waals surface area contributed by atoms with Crippen molar-refractivity contribution in [2.45, 2.75) is 79.1 Å². The van der Waals surface area contributed by atoms with E-state index >= 15 is 0 Å². The second kappa shape index (κ2) is 16.9. The Hall–Kier alpha value is -5.76. The quantitative estimate of drug-likeness (QED) is 0.106. The average Bonchev–Trinajstić information content (AvgIpc) is 3.77. The van der Waals surface area contributed by atoms with Gasteiger partial charge in [-0.1, -0.05) is 127 Å². The summed E-state index contributed by atoms with van der Waals surface area (Å²) in [6, 6.07) is 24.1. The summed E-state index contributed by atoms with van der Waals surface area (Å²) >= 11 is 0. The topological polar surface area (TPSA) is 93.2 Å². The van der Waals surface area contributed by atoms with Crippen molar-refractivity contribution in [1.29, 1.82) is 0 Å². The zero-order valence-electron chi connectivity index (χ0n) is 32.8. The average molecular weight is 751 g/mol. The highest BCUT2D eigenvalue weighted by Crippen LogP contribution is 2.46. The van der Waals surface area contributed by atoms with Crippen LogP contribution in [0.4, 0.5) is 11.4 Å². The van der Waals surface area contributed by atoms with E-state index in [9.17, 15) is 19.2 Å². The van der Waals surface area contributed by atoms with Gasteiger partial charge in [0.1, 0.15) is 0 Å². The molecule has 2 atom stereocenters. The highest BCUT2D eigenvalue weighted by molar-refractivity contribution is 5.96. The fourth-order valence-corrected chi connectivity index (χ4v) is 7.94. The van der Waals surface area contributed by atoms with Gasteiger partial charge in [0.2, 0.25) is 33.5 Å². The summed E-state index contributed by atoms with van der Waals surface area (Å²) in [5.41, 5.74) is -2.32. The molecule has 8 heteroatoms. The first-order valence-electron chi connectivity index (χ1n) is 20.2. The molecule has 2 unspecified atom stereocenters. The normalized spacial score (nSPS) is 15.9. The van der Waals surface area contributed by atoms with Crippen LogP contribution in [0.2, 0.25) is 0 Å². The van der Waals surface area contributed by atoms with Gasteiger partial charge in [0.05, 0.1) is 21.8 Å². The minimum Gasteiger partial charge on any atom is -0.438 e. The largest absolute Gasteiger partial charge is 0.438 e. The number of unbranched alkanes of at least 4 members (excludes halogenated alkanes) is 2. The van der Waals surface area contributed by atoms with Crippen molar-refractivity contribution in [3.8, 4) is 11.5 Å². The highest BCUT2D eigenvalue weighted by Gasteiger charge is 2.31. The molecule has 5 aromatic carbocycles. The molecule has 0 spiro atoms. The Kier molecular flexibility index (Phi) is 11.7. The summed E-state index contributed by atoms with van der Waals surface area (Å²) in [7, 11) is 0. The molecule has 2 heterocycles. The molecule has 0 saturated heterocycles. The highest BCUT2D eigenvalue weighted by atomic mass is 16.5. The fraction of sp³-hybridized carbons (Fsp3) is 0.333. The van der Waals surface area contributed by atoms with Crippen LogP contribution in [0.25, 0.3) is 33.7 Å². The molecule has 0 bridgehead atoms. The van der Waals surface area contributed by atoms with Gasteiger partial charge < -0.3 is 19.3 Å². The number of nitrogens with zero attached hydrogens (tertiary/aromatic N) is 2. The second-order valence-electron chi connectivity index (χ2n) is 15.0. The zero-order chi connectivity index (χ0) is 39.3. The molecule has 7 rings (SSSR count). The molecule has 2 aliphatic heterocycles. The number of anilines is 2. The minimum atomic E-state index is -1.03. The molecular weight excluding hydrogens is 701 g/mol. The second-order valence-corrected chi connectivity index (χ2v) is 15.0. The third-order valence-corrected chi connectivity index (χ3v) is 11.4. The van der Waals surface area contributed by atoms with Gasteiger partial charge in [-0.05, 0) is 71.9 Å². The van der Waals surface area contributed by atoms with E-state index in [2.05, 4.69) is 49.6 Å². The maximum atomic E-state index is 13.6. The molecule has 2 aliphatic rings. The molecule has 8 nitrogen and oxygen atoms in total. The molecule has 0 saturated carbocycles. The summed E-state index contributed by atoms with van der Waals surface area (Å²) in [5.74, 6) is 3.01. The lowest BCUT2D eigenvalue weighted by Crippen LogP contribution is -2.64. The van der Waals surface area contributed by atoms with Gasteiger partial charge in [0.25, 0.3) is 0 Å². The van der Waals surface area contributed by atoms with E-state index in [0.29, 0.717) is 48.2 Å². The number of rotatable bonds is 14. The minimum absolute atomic E-state index is 0.380. The van der Waals surface area contributed by atoms with Crippen molar-refractivity contribution in [2.75, 3.05) is 22.9 Å². The lowest BCUT2D eigenvalue weighted by Gasteiger charge is -2.24. The first kappa shape index (κ1) is 38.5. The lowest BCUT2D eigenvalue weighted by atomic mass is 9.98. The molecule has 0 amide bonds. The van der Waals surface area contributed by atoms with E-state index in [0.717, 1.165) is 84.3 Å². The van der Waals surface area contributed by atoms with Gasteiger partial charge in [-0.2, -0.15) is 0 Å². The Bertz CT molecular complexity index is 2440. The van der Waals surface area contributed by atoms with E-state index in [4.69, 9.17) is 9.47 Å². The SMILES string of the molecule is CCCCC(CC)CN1/C(=C/C=c2c(=O)c(=O)c(=C/C=C3\Oc4c(ccc5ccccc45)N3CC(CC)CCCC)c(=O)c2=O)Oc2c1ccc1ccccc21. The number of fused-ring (bicyclic) bond motifs is 6. The third-order valence-electron chi connectivity index (χ3n) is 11.4. The third kappa shape index (κ3) is 7.45. The molecule has 0 radical (unpaired) electrons. The van der Waals surface area contributed by atoms with Gasteiger partial charge in [-0.15, -0.1) is 0 Å². The van der Waals surface area contributed by atoms with Crippen molar-refractivity contribution in [1.82, 2.24) is 0 Å². The van der Waals surface area contributed by atoms with Crippen LogP contribution in [-0.4, -0.2) is 13.1 Å². The van der Waals surface area contributed by atoms with Gasteiger partial charge in [0.15, 0.2) is 11.5 Å². The summed E-state index contributed by atoms with van der Waals surface area (Å²) in [5, 5.41) is 2.99. The number of hydrogen-bond acceptors (Lipinski definition) is 8. The van der Waals surface area contributed by atoms with Gasteiger partial charge >= 0.3 is 0 Å². The van der Waals surface area contributed by atoms with Crippen LogP contribution in [-0.2, 0) is 0 Å². The van der Waals surface area contributed by atoms with Crippen LogP contribution in [0.1, 0.15) is 79.1 Å². The number of benzene rings is 5. The first-order chi connectivity index (χ1) is 27.3. The van der Waals surface area contributed by atoms with E-state index < -0.39 is 32.2 Å². The van der Waals surface area contributed by atoms with E-state index in [1.165, 1.54) is 24.3 Å². The van der Waals surface area contributed by atoms with Gasteiger partial charge in [-0.3, -0.25) is 19.2 Å². The van der Waals surface area contributed by atoms with Crippen molar-refractivity contribution in [3.05, 3.63) is 148 Å². The summed E-state index contributed by atoms with van der Waals surface area (Å²) in [6.45, 7) is 10.1. The van der Waals surface area contributed by atoms with Crippen molar-refractivity contribution < 1.29 is 9.47 Å². The van der Waals surface area contributed by atoms with Crippen LogP contribution < -0.4 is 51.4 Å². The molecule has 56 heavy (non-hydrogen) atoms. The first-order valence-corrected chi connectivity index (χ1v) is 20.2. The predicted octanol–water partition coefficient (Wildman–Crippen LogP) is 7.78. The summed E-state index contributed by atoms with van der Waals surface area (Å²) < 4.78 is 12.9. The number of hydrogen-bond donors (Lipinski definition) is 0. The van der Waals surface area contributed by atoms with Crippen molar-refractivity contribution >= 4 is 45.1 Å². The molecule has 0 fully saturated rings. The maximum Gasteiger partial charge on any atom is 0.237 e. The van der Waals surface area contributed by atoms with Crippen LogP contribution in [0, 0.1) is 11.8 Å². The molecule has 0 aromatic heterocycles. The summed E-state index contributed by atoms with van der Waals surface area (Å²) in [6.07, 6.45) is 14.1. The molecule has 0 N–H and O–H groups in total. The van der Waals surface area contributed by atoms with E-state index in [1.807, 2.05) is 60.7 Å². The van der Waals surface area contributed by atoms with Gasteiger partial charge in [-0.25, -0.2) is 0 Å². The van der Waals surface area contributed by atoms with Crippen LogP contribution in [0.5, 0.6) is 11.5 Å². The van der Waals surface area contributed by atoms with Crippen LogP contribution in [0.15, 0.2) is 116 Å². The van der Waals surface area contributed by atoms with Crippen LogP contribution >= 0.6 is 0 Å². The Labute approximate surface area is 327 Å². The van der Waals surface area contributed by atoms with E-state index in [1.54, 1.807) is 0 Å². The Balaban J connectivity index is 1.28. The lowest BCUT2D eigenvalue weighted by molar-refractivity contribution is 0.410. The predicted molar refractivity (Wildman–Crippen MR) is 229 cm³/mol. The molecule has 0 aliphatic carbocycles. The smallest absolute Gasteiger partial charge is 0.237 e. The fourth-order valence-electron chi connectivity index (χ4n) is 7.94. The monoisotopic (exact) mass is 750 g/mol. The Morgan fingerprint density at radius 3 is 1.29 bits per heavy atom. The Morgan fingerprint density at radius 1 is 0.518 bits per heavy atom. The maximum absolute atomic E-state index is 13.6. The summed E-state index contributed by atoms with van der Waals surface area (Å²) in [4.78, 5) is 58.6. The van der Waals surface area contributed by atoms with Gasteiger partial charge in [0, 0.05) is 23.9 Å². The van der Waals surface area contributed by atoms with Crippen molar-refractivity contribution in [3.63, 3.8) is 0 Å². The number of ether oxygens (including phenoxy) is 2. The molecule has 5 aromatic rings. The van der Waals surface area contributed by atoms with Crippen molar-refractivity contribution in [2.24, 2.45) is 11.8 Å². The van der Waals surface area contributed by atoms with E-state index in [-0.39, 0.29) is 0 Å². The molecule has 288 valence electrons.